The molecule has 2 rings (SSSR count). The van der Waals surface area contributed by atoms with E-state index in [4.69, 9.17) is 16.3 Å². The molecule has 17 heavy (non-hydrogen) atoms. The maximum atomic E-state index is 6.04. The minimum absolute atomic E-state index is 0.0918. The van der Waals surface area contributed by atoms with Gasteiger partial charge in [-0.05, 0) is 45.5 Å². The molecule has 1 aliphatic heterocycles. The molecule has 0 aromatic heterocycles. The third-order valence-corrected chi connectivity index (χ3v) is 4.03. The molecule has 1 aliphatic rings. The lowest BCUT2D eigenvalue weighted by Gasteiger charge is -2.48. The predicted molar refractivity (Wildman–Crippen MR) is 71.4 cm³/mol. The van der Waals surface area contributed by atoms with E-state index in [1.807, 2.05) is 18.2 Å². The summed E-state index contributed by atoms with van der Waals surface area (Å²) >= 11 is 6.04. The van der Waals surface area contributed by atoms with Crippen LogP contribution in [0, 0.1) is 0 Å². The molecule has 3 heteroatoms. The molecule has 0 saturated carbocycles. The third-order valence-electron chi connectivity index (χ3n) is 3.80. The zero-order valence-corrected chi connectivity index (χ0v) is 11.7. The van der Waals surface area contributed by atoms with Crippen molar-refractivity contribution in [3.8, 4) is 0 Å². The van der Waals surface area contributed by atoms with E-state index >= 15 is 0 Å². The maximum Gasteiger partial charge on any atom is 0.0978 e. The molecule has 0 radical (unpaired) electrons. The van der Waals surface area contributed by atoms with E-state index in [9.17, 15) is 0 Å². The highest BCUT2D eigenvalue weighted by Crippen LogP contribution is 2.34. The second-order valence-electron chi connectivity index (χ2n) is 5.45. The first-order chi connectivity index (χ1) is 7.92. The van der Waals surface area contributed by atoms with E-state index in [0.29, 0.717) is 6.04 Å². The number of halogens is 1. The van der Waals surface area contributed by atoms with Gasteiger partial charge >= 0.3 is 0 Å². The summed E-state index contributed by atoms with van der Waals surface area (Å²) in [6.45, 7) is 7.35. The fourth-order valence-electron chi connectivity index (χ4n) is 2.35. The number of ether oxygens (including phenoxy) is 1. The van der Waals surface area contributed by atoms with Gasteiger partial charge in [-0.2, -0.15) is 0 Å². The molecule has 0 aliphatic carbocycles. The summed E-state index contributed by atoms with van der Waals surface area (Å²) in [4.78, 5) is 2.38. The molecule has 1 saturated heterocycles. The molecular formula is C14H20ClNO. The van der Waals surface area contributed by atoms with Gasteiger partial charge in [-0.3, -0.25) is 4.90 Å². The summed E-state index contributed by atoms with van der Waals surface area (Å²) in [5.74, 6) is 0. The van der Waals surface area contributed by atoms with Crippen molar-refractivity contribution >= 4 is 11.6 Å². The summed E-state index contributed by atoms with van der Waals surface area (Å²) in [7, 11) is 2.16. The fraction of sp³-hybridized carbons (Fsp3) is 0.571. The van der Waals surface area contributed by atoms with Gasteiger partial charge in [-0.1, -0.05) is 23.7 Å². The number of morpholine rings is 1. The Morgan fingerprint density at radius 1 is 1.41 bits per heavy atom. The minimum atomic E-state index is 0.0918. The van der Waals surface area contributed by atoms with Gasteiger partial charge in [-0.25, -0.2) is 0 Å². The second kappa shape index (κ2) is 4.60. The molecule has 94 valence electrons. The first kappa shape index (κ1) is 12.9. The van der Waals surface area contributed by atoms with Gasteiger partial charge in [0.15, 0.2) is 0 Å². The minimum Gasteiger partial charge on any atom is -0.370 e. The maximum absolute atomic E-state index is 6.04. The van der Waals surface area contributed by atoms with E-state index in [1.165, 1.54) is 0 Å². The Kier molecular flexibility index (Phi) is 3.48. The number of rotatable bonds is 1. The van der Waals surface area contributed by atoms with Crippen LogP contribution in [0.5, 0.6) is 0 Å². The Labute approximate surface area is 109 Å². The third kappa shape index (κ3) is 2.49. The van der Waals surface area contributed by atoms with Crippen LogP contribution in [0.25, 0.3) is 0 Å². The Bertz CT molecular complexity index is 405. The normalized spacial score (nSPS) is 29.2. The van der Waals surface area contributed by atoms with Gasteiger partial charge < -0.3 is 4.74 Å². The largest absolute Gasteiger partial charge is 0.370 e. The van der Waals surface area contributed by atoms with Gasteiger partial charge in [0.25, 0.3) is 0 Å². The second-order valence-corrected chi connectivity index (χ2v) is 5.89. The van der Waals surface area contributed by atoms with Gasteiger partial charge in [0, 0.05) is 16.6 Å². The van der Waals surface area contributed by atoms with E-state index < -0.39 is 0 Å². The summed E-state index contributed by atoms with van der Waals surface area (Å²) in [5.41, 5.74) is 1.25. The molecule has 2 atom stereocenters. The Morgan fingerprint density at radius 2 is 2.12 bits per heavy atom. The SMILES string of the molecule is C[C@H]1[C@H](c2cccc(Cl)c2)OCC(C)(C)N1C. The number of nitrogens with zero attached hydrogens (tertiary/aromatic N) is 1. The topological polar surface area (TPSA) is 12.5 Å². The van der Waals surface area contributed by atoms with Crippen LogP contribution in [-0.4, -0.2) is 30.1 Å². The standard InChI is InChI=1S/C14H20ClNO/c1-10-13(11-6-5-7-12(15)8-11)17-9-14(2,3)16(10)4/h5-8,10,13H,9H2,1-4H3/t10-,13+/m0/s1. The predicted octanol–water partition coefficient (Wildman–Crippen LogP) is 3.51. The Morgan fingerprint density at radius 3 is 2.76 bits per heavy atom. The van der Waals surface area contributed by atoms with Crippen LogP contribution >= 0.6 is 11.6 Å². The zero-order chi connectivity index (χ0) is 12.6. The van der Waals surface area contributed by atoms with Crippen LogP contribution in [0.15, 0.2) is 24.3 Å². The zero-order valence-electron chi connectivity index (χ0n) is 10.9. The van der Waals surface area contributed by atoms with Crippen molar-refractivity contribution in [1.29, 1.82) is 0 Å². The van der Waals surface area contributed by atoms with Crippen molar-refractivity contribution in [3.63, 3.8) is 0 Å². The lowest BCUT2D eigenvalue weighted by atomic mass is 9.93. The van der Waals surface area contributed by atoms with E-state index in [2.05, 4.69) is 38.8 Å². The van der Waals surface area contributed by atoms with E-state index in [1.54, 1.807) is 0 Å². The van der Waals surface area contributed by atoms with Gasteiger partial charge in [0.05, 0.1) is 12.7 Å². The molecule has 0 N–H and O–H groups in total. The highest BCUT2D eigenvalue weighted by atomic mass is 35.5. The van der Waals surface area contributed by atoms with Crippen molar-refractivity contribution in [1.82, 2.24) is 4.90 Å². The monoisotopic (exact) mass is 253 g/mol. The summed E-state index contributed by atoms with van der Waals surface area (Å²) in [6, 6.07) is 8.30. The molecule has 0 spiro atoms. The van der Waals surface area contributed by atoms with Crippen LogP contribution in [0.2, 0.25) is 5.02 Å². The average Bonchev–Trinajstić information content (AvgIpc) is 2.26. The lowest BCUT2D eigenvalue weighted by Crippen LogP contribution is -2.56. The van der Waals surface area contributed by atoms with Crippen LogP contribution in [-0.2, 0) is 4.74 Å². The van der Waals surface area contributed by atoms with Crippen LogP contribution in [0.3, 0.4) is 0 Å². The number of likely N-dealkylation sites (N-methyl/N-ethyl adjacent to an activating group) is 1. The molecule has 2 nitrogen and oxygen atoms in total. The molecule has 1 aromatic rings. The first-order valence-electron chi connectivity index (χ1n) is 6.02. The highest BCUT2D eigenvalue weighted by Gasteiger charge is 2.38. The van der Waals surface area contributed by atoms with Crippen molar-refractivity contribution < 1.29 is 4.74 Å². The summed E-state index contributed by atoms with van der Waals surface area (Å²) in [6.07, 6.45) is 0.103. The van der Waals surface area contributed by atoms with Crippen LogP contribution in [0.1, 0.15) is 32.4 Å². The number of hydrogen-bond acceptors (Lipinski definition) is 2. The number of hydrogen-bond donors (Lipinski definition) is 0. The molecule has 1 fully saturated rings. The van der Waals surface area contributed by atoms with Gasteiger partial charge in [0.1, 0.15) is 0 Å². The van der Waals surface area contributed by atoms with Gasteiger partial charge in [0.2, 0.25) is 0 Å². The van der Waals surface area contributed by atoms with Crippen molar-refractivity contribution in [2.24, 2.45) is 0 Å². The summed E-state index contributed by atoms with van der Waals surface area (Å²) in [5, 5.41) is 0.769. The number of benzene rings is 1. The van der Waals surface area contributed by atoms with Gasteiger partial charge in [-0.15, -0.1) is 0 Å². The lowest BCUT2D eigenvalue weighted by molar-refractivity contribution is -0.123. The molecular weight excluding hydrogens is 234 g/mol. The molecule has 0 bridgehead atoms. The molecule has 1 heterocycles. The summed E-state index contributed by atoms with van der Waals surface area (Å²) < 4.78 is 6.02. The average molecular weight is 254 g/mol. The first-order valence-corrected chi connectivity index (χ1v) is 6.39. The molecule has 0 amide bonds. The Hall–Kier alpha value is -0.570. The van der Waals surface area contributed by atoms with Crippen molar-refractivity contribution in [2.75, 3.05) is 13.7 Å². The fourth-order valence-corrected chi connectivity index (χ4v) is 2.55. The van der Waals surface area contributed by atoms with Crippen LogP contribution < -0.4 is 0 Å². The Balaban J connectivity index is 2.24. The molecule has 1 aromatic carbocycles. The van der Waals surface area contributed by atoms with Crippen molar-refractivity contribution in [2.45, 2.75) is 38.5 Å². The molecule has 0 unspecified atom stereocenters. The smallest absolute Gasteiger partial charge is 0.0978 e. The quantitative estimate of drug-likeness (QED) is 0.760. The van der Waals surface area contributed by atoms with Crippen LogP contribution in [0.4, 0.5) is 0 Å². The highest BCUT2D eigenvalue weighted by molar-refractivity contribution is 6.30. The van der Waals surface area contributed by atoms with Crippen molar-refractivity contribution in [3.05, 3.63) is 34.9 Å². The van der Waals surface area contributed by atoms with E-state index in [0.717, 1.165) is 17.2 Å². The van der Waals surface area contributed by atoms with E-state index in [-0.39, 0.29) is 11.6 Å².